The summed E-state index contributed by atoms with van der Waals surface area (Å²) in [5.74, 6) is 0.674. The van der Waals surface area contributed by atoms with E-state index < -0.39 is 28.5 Å². The minimum absolute atomic E-state index is 0.0633. The highest BCUT2D eigenvalue weighted by atomic mass is 35.5. The van der Waals surface area contributed by atoms with Gasteiger partial charge < -0.3 is 14.8 Å². The molecule has 3 rings (SSSR count). The van der Waals surface area contributed by atoms with Crippen molar-refractivity contribution in [2.24, 2.45) is 0 Å². The third kappa shape index (κ3) is 5.63. The van der Waals surface area contributed by atoms with E-state index in [1.807, 2.05) is 6.92 Å². The largest absolute Gasteiger partial charge is 0.497 e. The van der Waals surface area contributed by atoms with Crippen molar-refractivity contribution in [3.05, 3.63) is 82.9 Å². The maximum absolute atomic E-state index is 13.5. The molecule has 34 heavy (non-hydrogen) atoms. The number of aryl methyl sites for hydroxylation is 1. The molecule has 0 aliphatic heterocycles. The zero-order chi connectivity index (χ0) is 24.9. The first-order chi connectivity index (χ1) is 16.2. The second-order valence-electron chi connectivity index (χ2n) is 7.67. The molecule has 1 N–H and O–H groups in total. The van der Waals surface area contributed by atoms with Crippen LogP contribution >= 0.6 is 11.6 Å². The third-order valence-corrected chi connectivity index (χ3v) is 7.39. The predicted molar refractivity (Wildman–Crippen MR) is 133 cm³/mol. The van der Waals surface area contributed by atoms with Crippen molar-refractivity contribution < 1.29 is 22.7 Å². The molecule has 1 atom stereocenters. The molecule has 1 amide bonds. The van der Waals surface area contributed by atoms with E-state index in [1.165, 1.54) is 19.2 Å². The molecule has 0 fully saturated rings. The van der Waals surface area contributed by atoms with Crippen molar-refractivity contribution in [1.82, 2.24) is 5.32 Å². The summed E-state index contributed by atoms with van der Waals surface area (Å²) >= 11 is 6.33. The van der Waals surface area contributed by atoms with Crippen molar-refractivity contribution in [3.8, 4) is 11.5 Å². The highest BCUT2D eigenvalue weighted by molar-refractivity contribution is 7.92. The number of sulfonamides is 1. The van der Waals surface area contributed by atoms with Gasteiger partial charge in [0.25, 0.3) is 10.0 Å². The van der Waals surface area contributed by atoms with Crippen LogP contribution in [0.2, 0.25) is 5.02 Å². The average Bonchev–Trinajstić information content (AvgIpc) is 2.82. The molecule has 0 aromatic heterocycles. The summed E-state index contributed by atoms with van der Waals surface area (Å²) in [4.78, 5) is 13.1. The first kappa shape index (κ1) is 25.4. The Kier molecular flexibility index (Phi) is 8.06. The molecule has 180 valence electrons. The van der Waals surface area contributed by atoms with E-state index in [4.69, 9.17) is 21.1 Å². The summed E-state index contributed by atoms with van der Waals surface area (Å²) in [7, 11) is -0.986. The van der Waals surface area contributed by atoms with Gasteiger partial charge in [0, 0.05) is 5.56 Å². The molecule has 3 aromatic rings. The summed E-state index contributed by atoms with van der Waals surface area (Å²) in [6, 6.07) is 17.7. The van der Waals surface area contributed by atoms with Crippen molar-refractivity contribution in [1.29, 1.82) is 0 Å². The maximum atomic E-state index is 13.5. The van der Waals surface area contributed by atoms with Crippen LogP contribution < -0.4 is 19.1 Å². The van der Waals surface area contributed by atoms with Crippen molar-refractivity contribution in [2.75, 3.05) is 25.1 Å². The van der Waals surface area contributed by atoms with E-state index in [-0.39, 0.29) is 15.6 Å². The van der Waals surface area contributed by atoms with Gasteiger partial charge in [-0.25, -0.2) is 8.42 Å². The summed E-state index contributed by atoms with van der Waals surface area (Å²) < 4.78 is 38.7. The van der Waals surface area contributed by atoms with Crippen LogP contribution in [-0.4, -0.2) is 35.1 Å². The summed E-state index contributed by atoms with van der Waals surface area (Å²) in [6.45, 7) is 3.18. The fourth-order valence-corrected chi connectivity index (χ4v) is 5.19. The number of anilines is 1. The molecule has 0 aliphatic rings. The molecule has 9 heteroatoms. The minimum atomic E-state index is -4.07. The molecular formula is C25H27ClN2O5S. The fourth-order valence-electron chi connectivity index (χ4n) is 3.46. The molecule has 7 nitrogen and oxygen atoms in total. The summed E-state index contributed by atoms with van der Waals surface area (Å²) in [6.07, 6.45) is 0. The smallest absolute Gasteiger partial charge is 0.264 e. The van der Waals surface area contributed by atoms with E-state index in [1.54, 1.807) is 68.6 Å². The summed E-state index contributed by atoms with van der Waals surface area (Å²) in [5, 5.41) is 3.07. The Balaban J connectivity index is 1.92. The van der Waals surface area contributed by atoms with Crippen molar-refractivity contribution in [2.45, 2.75) is 24.8 Å². The first-order valence-corrected chi connectivity index (χ1v) is 12.3. The highest BCUT2D eigenvalue weighted by Crippen LogP contribution is 2.31. The second kappa shape index (κ2) is 10.8. The molecule has 0 radical (unpaired) electrons. The maximum Gasteiger partial charge on any atom is 0.264 e. The van der Waals surface area contributed by atoms with Crippen LogP contribution in [0.3, 0.4) is 0 Å². The zero-order valence-corrected chi connectivity index (χ0v) is 21.0. The lowest BCUT2D eigenvalue weighted by molar-refractivity contribution is -0.120. The van der Waals surface area contributed by atoms with Crippen LogP contribution in [0.25, 0.3) is 0 Å². The molecular weight excluding hydrogens is 476 g/mol. The SMILES string of the molecule is COc1ccc(OC)c(C(C)NC(=O)CN(c2ccccc2Cl)S(=O)(=O)c2ccc(C)cc2)c1. The number of hydrogen-bond donors (Lipinski definition) is 1. The van der Waals surface area contributed by atoms with Gasteiger partial charge in [-0.2, -0.15) is 0 Å². The molecule has 0 bridgehead atoms. The van der Waals surface area contributed by atoms with Crippen LogP contribution in [0.5, 0.6) is 11.5 Å². The lowest BCUT2D eigenvalue weighted by Crippen LogP contribution is -2.41. The summed E-state index contributed by atoms with van der Waals surface area (Å²) in [5.41, 5.74) is 1.83. The monoisotopic (exact) mass is 502 g/mol. The van der Waals surface area contributed by atoms with Crippen LogP contribution in [0.15, 0.2) is 71.6 Å². The van der Waals surface area contributed by atoms with Crippen LogP contribution in [0, 0.1) is 6.92 Å². The first-order valence-electron chi connectivity index (χ1n) is 10.5. The van der Waals surface area contributed by atoms with E-state index in [0.29, 0.717) is 17.1 Å². The van der Waals surface area contributed by atoms with Crippen LogP contribution in [0.1, 0.15) is 24.1 Å². The Hall–Kier alpha value is -3.23. The van der Waals surface area contributed by atoms with E-state index in [0.717, 1.165) is 9.87 Å². The number of carbonyl (C=O) groups is 1. The van der Waals surface area contributed by atoms with Gasteiger partial charge >= 0.3 is 0 Å². The molecule has 1 unspecified atom stereocenters. The number of carbonyl (C=O) groups excluding carboxylic acids is 1. The van der Waals surface area contributed by atoms with Gasteiger partial charge in [-0.3, -0.25) is 9.10 Å². The number of halogens is 1. The Morgan fingerprint density at radius 2 is 1.71 bits per heavy atom. The molecule has 0 spiro atoms. The lowest BCUT2D eigenvalue weighted by atomic mass is 10.1. The molecule has 0 saturated heterocycles. The van der Waals surface area contributed by atoms with Crippen LogP contribution in [-0.2, 0) is 14.8 Å². The number of methoxy groups -OCH3 is 2. The predicted octanol–water partition coefficient (Wildman–Crippen LogP) is 4.74. The highest BCUT2D eigenvalue weighted by Gasteiger charge is 2.29. The van der Waals surface area contributed by atoms with Gasteiger partial charge in [-0.1, -0.05) is 41.4 Å². The Bertz CT molecular complexity index is 1260. The number of benzene rings is 3. The second-order valence-corrected chi connectivity index (χ2v) is 9.94. The average molecular weight is 503 g/mol. The minimum Gasteiger partial charge on any atom is -0.497 e. The molecule has 0 saturated carbocycles. The number of nitrogens with zero attached hydrogens (tertiary/aromatic N) is 1. The zero-order valence-electron chi connectivity index (χ0n) is 19.4. The topological polar surface area (TPSA) is 84.9 Å². The quantitative estimate of drug-likeness (QED) is 0.457. The van der Waals surface area contributed by atoms with Crippen LogP contribution in [0.4, 0.5) is 5.69 Å². The number of rotatable bonds is 9. The number of ether oxygens (including phenoxy) is 2. The fraction of sp³-hybridized carbons (Fsp3) is 0.240. The molecule has 0 aliphatic carbocycles. The molecule has 0 heterocycles. The Morgan fingerprint density at radius 3 is 2.32 bits per heavy atom. The Morgan fingerprint density at radius 1 is 1.03 bits per heavy atom. The number of amides is 1. The van der Waals surface area contributed by atoms with Crippen molar-refractivity contribution >= 4 is 33.2 Å². The molecule has 3 aromatic carbocycles. The lowest BCUT2D eigenvalue weighted by Gasteiger charge is -2.26. The number of hydrogen-bond acceptors (Lipinski definition) is 5. The van der Waals surface area contributed by atoms with Gasteiger partial charge in [-0.05, 0) is 56.3 Å². The standard InChI is InChI=1S/C25H27ClN2O5S/c1-17-9-12-20(13-10-17)34(30,31)28(23-8-6-5-7-22(23)26)16-25(29)27-18(2)21-15-19(32-3)11-14-24(21)33-4/h5-15,18H,16H2,1-4H3,(H,27,29). The van der Waals surface area contributed by atoms with E-state index >= 15 is 0 Å². The van der Waals surface area contributed by atoms with Gasteiger partial charge in [0.15, 0.2) is 0 Å². The van der Waals surface area contributed by atoms with Gasteiger partial charge in [0.05, 0.1) is 35.9 Å². The van der Waals surface area contributed by atoms with Gasteiger partial charge in [-0.15, -0.1) is 0 Å². The van der Waals surface area contributed by atoms with E-state index in [9.17, 15) is 13.2 Å². The van der Waals surface area contributed by atoms with E-state index in [2.05, 4.69) is 5.32 Å². The third-order valence-electron chi connectivity index (χ3n) is 5.30. The normalized spacial score (nSPS) is 12.0. The van der Waals surface area contributed by atoms with Gasteiger partial charge in [0.2, 0.25) is 5.91 Å². The van der Waals surface area contributed by atoms with Gasteiger partial charge in [0.1, 0.15) is 18.0 Å². The Labute approximate surface area is 205 Å². The van der Waals surface area contributed by atoms with Crippen molar-refractivity contribution in [3.63, 3.8) is 0 Å². The number of para-hydroxylation sites is 1. The number of nitrogens with one attached hydrogen (secondary N) is 1.